The summed E-state index contributed by atoms with van der Waals surface area (Å²) in [7, 11) is 2.74. The fraction of sp³-hybridized carbons (Fsp3) is 0.625. The Morgan fingerprint density at radius 1 is 0.773 bits per heavy atom. The standard InChI is InChI=1S/C16H26O4S2/c1-13(15(17)19-3)11-21-9-7-5-6-8-10-22-12-14(2)16(18)20-4/h1-2,5-12H2,3-4H3. The molecule has 0 unspecified atom stereocenters. The number of carbonyl (C=O) groups excluding carboxylic acids is 2. The lowest BCUT2D eigenvalue weighted by Crippen LogP contribution is -2.05. The second kappa shape index (κ2) is 13.8. The number of ether oxygens (including phenoxy) is 2. The maximum absolute atomic E-state index is 11.1. The molecule has 0 radical (unpaired) electrons. The van der Waals surface area contributed by atoms with Crippen LogP contribution in [-0.4, -0.2) is 49.2 Å². The summed E-state index contributed by atoms with van der Waals surface area (Å²) in [5.74, 6) is 2.69. The van der Waals surface area contributed by atoms with Gasteiger partial charge in [-0.2, -0.15) is 23.5 Å². The van der Waals surface area contributed by atoms with Crippen LogP contribution < -0.4 is 0 Å². The van der Waals surface area contributed by atoms with Gasteiger partial charge in [-0.25, -0.2) is 9.59 Å². The zero-order valence-electron chi connectivity index (χ0n) is 13.5. The van der Waals surface area contributed by atoms with Gasteiger partial charge in [0.15, 0.2) is 0 Å². The number of hydrogen-bond donors (Lipinski definition) is 0. The Balaban J connectivity index is 3.34. The van der Waals surface area contributed by atoms with Crippen molar-refractivity contribution in [3.05, 3.63) is 24.3 Å². The van der Waals surface area contributed by atoms with E-state index in [0.29, 0.717) is 22.7 Å². The van der Waals surface area contributed by atoms with Gasteiger partial charge in [-0.15, -0.1) is 0 Å². The van der Waals surface area contributed by atoms with Gasteiger partial charge >= 0.3 is 11.9 Å². The summed E-state index contributed by atoms with van der Waals surface area (Å²) >= 11 is 3.43. The molecule has 0 spiro atoms. The molecule has 126 valence electrons. The molecule has 0 fully saturated rings. The van der Waals surface area contributed by atoms with Crippen LogP contribution >= 0.6 is 23.5 Å². The lowest BCUT2D eigenvalue weighted by Gasteiger charge is -2.05. The van der Waals surface area contributed by atoms with Crippen LogP contribution in [0, 0.1) is 0 Å². The van der Waals surface area contributed by atoms with Crippen molar-refractivity contribution >= 4 is 35.5 Å². The minimum absolute atomic E-state index is 0.321. The van der Waals surface area contributed by atoms with E-state index < -0.39 is 0 Å². The fourth-order valence-electron chi connectivity index (χ4n) is 1.56. The lowest BCUT2D eigenvalue weighted by atomic mass is 10.2. The number of rotatable bonds is 13. The van der Waals surface area contributed by atoms with Gasteiger partial charge in [0.05, 0.1) is 14.2 Å². The van der Waals surface area contributed by atoms with Gasteiger partial charge in [0, 0.05) is 22.7 Å². The Labute approximate surface area is 142 Å². The predicted molar refractivity (Wildman–Crippen MR) is 95.4 cm³/mol. The molecule has 0 rings (SSSR count). The normalized spacial score (nSPS) is 10.1. The number of unbranched alkanes of at least 4 members (excludes halogenated alkanes) is 3. The quantitative estimate of drug-likeness (QED) is 0.289. The molecule has 0 aromatic carbocycles. The summed E-state index contributed by atoms with van der Waals surface area (Å²) in [5.41, 5.74) is 1.05. The van der Waals surface area contributed by atoms with Crippen molar-refractivity contribution in [1.29, 1.82) is 0 Å². The Bertz CT molecular complexity index is 344. The largest absolute Gasteiger partial charge is 0.466 e. The molecule has 0 heterocycles. The third-order valence-corrected chi connectivity index (χ3v) is 5.09. The maximum Gasteiger partial charge on any atom is 0.333 e. The third kappa shape index (κ3) is 10.8. The summed E-state index contributed by atoms with van der Waals surface area (Å²) in [6.45, 7) is 7.38. The van der Waals surface area contributed by atoms with E-state index in [1.807, 2.05) is 0 Å². The number of methoxy groups -OCH3 is 2. The number of esters is 2. The van der Waals surface area contributed by atoms with Crippen LogP contribution in [0.5, 0.6) is 0 Å². The molecule has 6 heteroatoms. The summed E-state index contributed by atoms with van der Waals surface area (Å²) in [6.07, 6.45) is 4.63. The highest BCUT2D eigenvalue weighted by Gasteiger charge is 2.06. The van der Waals surface area contributed by atoms with Gasteiger partial charge in [0.1, 0.15) is 0 Å². The second-order valence-electron chi connectivity index (χ2n) is 4.71. The zero-order valence-corrected chi connectivity index (χ0v) is 15.2. The molecule has 0 amide bonds. The molecule has 0 aliphatic heterocycles. The Kier molecular flexibility index (Phi) is 13.2. The van der Waals surface area contributed by atoms with Crippen LogP contribution in [-0.2, 0) is 19.1 Å². The Hall–Kier alpha value is -0.880. The molecule has 0 aromatic heterocycles. The van der Waals surface area contributed by atoms with Crippen molar-refractivity contribution in [2.45, 2.75) is 25.7 Å². The van der Waals surface area contributed by atoms with Crippen molar-refractivity contribution in [3.63, 3.8) is 0 Å². The number of thioether (sulfide) groups is 2. The molecule has 0 N–H and O–H groups in total. The number of carbonyl (C=O) groups is 2. The highest BCUT2D eigenvalue weighted by Crippen LogP contribution is 2.14. The van der Waals surface area contributed by atoms with Gasteiger partial charge in [-0.1, -0.05) is 26.0 Å². The van der Waals surface area contributed by atoms with E-state index in [9.17, 15) is 9.59 Å². The van der Waals surface area contributed by atoms with Crippen molar-refractivity contribution < 1.29 is 19.1 Å². The van der Waals surface area contributed by atoms with Gasteiger partial charge in [0.25, 0.3) is 0 Å². The summed E-state index contributed by atoms with van der Waals surface area (Å²) in [6, 6.07) is 0. The number of hydrogen-bond acceptors (Lipinski definition) is 6. The highest BCUT2D eigenvalue weighted by molar-refractivity contribution is 7.99. The van der Waals surface area contributed by atoms with Gasteiger partial charge in [-0.3, -0.25) is 0 Å². The van der Waals surface area contributed by atoms with Crippen LogP contribution in [0.4, 0.5) is 0 Å². The molecule has 0 saturated heterocycles. The summed E-state index contributed by atoms with van der Waals surface area (Å²) in [4.78, 5) is 22.2. The lowest BCUT2D eigenvalue weighted by molar-refractivity contribution is -0.136. The first-order chi connectivity index (χ1) is 10.5. The molecule has 0 aliphatic carbocycles. The van der Waals surface area contributed by atoms with E-state index in [2.05, 4.69) is 22.6 Å². The molecule has 0 atom stereocenters. The van der Waals surface area contributed by atoms with E-state index in [4.69, 9.17) is 0 Å². The van der Waals surface area contributed by atoms with Crippen LogP contribution in [0.2, 0.25) is 0 Å². The third-order valence-electron chi connectivity index (χ3n) is 2.83. The topological polar surface area (TPSA) is 52.6 Å². The first kappa shape index (κ1) is 21.1. The van der Waals surface area contributed by atoms with Crippen LogP contribution in [0.25, 0.3) is 0 Å². The van der Waals surface area contributed by atoms with Gasteiger partial charge in [0.2, 0.25) is 0 Å². The van der Waals surface area contributed by atoms with Gasteiger partial charge < -0.3 is 9.47 Å². The van der Waals surface area contributed by atoms with E-state index >= 15 is 0 Å². The first-order valence-corrected chi connectivity index (χ1v) is 9.51. The van der Waals surface area contributed by atoms with Crippen molar-refractivity contribution in [3.8, 4) is 0 Å². The molecule has 0 bridgehead atoms. The minimum Gasteiger partial charge on any atom is -0.466 e. The average Bonchev–Trinajstić information content (AvgIpc) is 2.54. The summed E-state index contributed by atoms with van der Waals surface area (Å²) in [5, 5.41) is 0. The Morgan fingerprint density at radius 3 is 1.45 bits per heavy atom. The molecule has 0 saturated carbocycles. The molecule has 4 nitrogen and oxygen atoms in total. The van der Waals surface area contributed by atoms with Crippen molar-refractivity contribution in [2.24, 2.45) is 0 Å². The van der Waals surface area contributed by atoms with E-state index in [0.717, 1.165) is 24.3 Å². The molecular weight excluding hydrogens is 320 g/mol. The van der Waals surface area contributed by atoms with E-state index in [-0.39, 0.29) is 11.9 Å². The van der Waals surface area contributed by atoms with Gasteiger partial charge in [-0.05, 0) is 24.3 Å². The van der Waals surface area contributed by atoms with Crippen LogP contribution in [0.1, 0.15) is 25.7 Å². The fourth-order valence-corrected chi connectivity index (χ4v) is 3.39. The average molecular weight is 347 g/mol. The summed E-state index contributed by atoms with van der Waals surface area (Å²) < 4.78 is 9.19. The molecule has 0 aliphatic rings. The van der Waals surface area contributed by atoms with Crippen molar-refractivity contribution in [1.82, 2.24) is 0 Å². The zero-order chi connectivity index (χ0) is 16.8. The van der Waals surface area contributed by atoms with Crippen LogP contribution in [0.3, 0.4) is 0 Å². The monoisotopic (exact) mass is 346 g/mol. The Morgan fingerprint density at radius 2 is 1.14 bits per heavy atom. The first-order valence-electron chi connectivity index (χ1n) is 7.20. The van der Waals surface area contributed by atoms with E-state index in [1.54, 1.807) is 23.5 Å². The maximum atomic E-state index is 11.1. The van der Waals surface area contributed by atoms with E-state index in [1.165, 1.54) is 27.1 Å². The SMILES string of the molecule is C=C(CSCCCCCCSCC(=C)C(=O)OC)C(=O)OC. The predicted octanol–water partition coefficient (Wildman–Crippen LogP) is 3.47. The molecule has 22 heavy (non-hydrogen) atoms. The second-order valence-corrected chi connectivity index (χ2v) is 6.92. The smallest absolute Gasteiger partial charge is 0.333 e. The highest BCUT2D eigenvalue weighted by atomic mass is 32.2. The molecule has 0 aromatic rings. The van der Waals surface area contributed by atoms with Crippen molar-refractivity contribution in [2.75, 3.05) is 37.2 Å². The minimum atomic E-state index is -0.321. The molecular formula is C16H26O4S2. The van der Waals surface area contributed by atoms with Crippen LogP contribution in [0.15, 0.2) is 24.3 Å².